The zero-order chi connectivity index (χ0) is 11.7. The summed E-state index contributed by atoms with van der Waals surface area (Å²) in [6, 6.07) is 2.17. The van der Waals surface area contributed by atoms with E-state index in [4.69, 9.17) is 5.73 Å². The molecular weight excluding hydrogens is 317 g/mol. The molecule has 0 atom stereocenters. The van der Waals surface area contributed by atoms with Crippen molar-refractivity contribution in [3.8, 4) is 11.3 Å². The van der Waals surface area contributed by atoms with E-state index in [9.17, 15) is 0 Å². The Balaban J connectivity index is 2.48. The van der Waals surface area contributed by atoms with Crippen molar-refractivity contribution in [2.45, 2.75) is 19.9 Å². The van der Waals surface area contributed by atoms with Crippen molar-refractivity contribution in [3.63, 3.8) is 0 Å². The van der Waals surface area contributed by atoms with Gasteiger partial charge in [-0.25, -0.2) is 9.97 Å². The van der Waals surface area contributed by atoms with Gasteiger partial charge in [0.1, 0.15) is 3.70 Å². The molecule has 0 fully saturated rings. The van der Waals surface area contributed by atoms with E-state index < -0.39 is 0 Å². The average molecular weight is 329 g/mol. The van der Waals surface area contributed by atoms with Crippen LogP contribution in [0, 0.1) is 3.70 Å². The van der Waals surface area contributed by atoms with Gasteiger partial charge in [0.15, 0.2) is 0 Å². The summed E-state index contributed by atoms with van der Waals surface area (Å²) >= 11 is 2.20. The Hall–Kier alpha value is -1.18. The third kappa shape index (κ3) is 2.16. The first-order valence-electron chi connectivity index (χ1n) is 4.91. The average Bonchev–Trinajstić information content (AvgIpc) is 2.60. The first-order valence-corrected chi connectivity index (χ1v) is 5.99. The van der Waals surface area contributed by atoms with Gasteiger partial charge in [-0.05, 0) is 42.5 Å². The number of hydrogen-bond acceptors (Lipinski definition) is 4. The predicted molar refractivity (Wildman–Crippen MR) is 70.8 cm³/mol. The Kier molecular flexibility index (Phi) is 3.08. The third-order valence-electron chi connectivity index (χ3n) is 2.17. The topological polar surface area (TPSA) is 69.6 Å². The minimum absolute atomic E-state index is 0.283. The van der Waals surface area contributed by atoms with Crippen LogP contribution in [0.5, 0.6) is 0 Å². The lowest BCUT2D eigenvalue weighted by Gasteiger charge is -2.02. The normalized spacial score (nSPS) is 11.0. The maximum Gasteiger partial charge on any atom is 0.220 e. The van der Waals surface area contributed by atoms with E-state index in [-0.39, 0.29) is 5.95 Å². The van der Waals surface area contributed by atoms with Crippen LogP contribution in [0.25, 0.3) is 11.3 Å². The van der Waals surface area contributed by atoms with Gasteiger partial charge in [0.25, 0.3) is 0 Å². The monoisotopic (exact) mass is 329 g/mol. The van der Waals surface area contributed by atoms with Crippen LogP contribution >= 0.6 is 22.6 Å². The smallest absolute Gasteiger partial charge is 0.220 e. The molecule has 0 amide bonds. The van der Waals surface area contributed by atoms with Gasteiger partial charge in [-0.2, -0.15) is 5.10 Å². The number of hydrogen-bond donors (Lipinski definition) is 1. The molecule has 0 radical (unpaired) electrons. The summed E-state index contributed by atoms with van der Waals surface area (Å²) in [6.45, 7) is 4.17. The van der Waals surface area contributed by atoms with Gasteiger partial charge in [-0.1, -0.05) is 0 Å². The van der Waals surface area contributed by atoms with Gasteiger partial charge in [0.2, 0.25) is 5.95 Å². The fourth-order valence-corrected chi connectivity index (χ4v) is 1.99. The molecule has 2 aromatic heterocycles. The van der Waals surface area contributed by atoms with Crippen LogP contribution in [0.2, 0.25) is 0 Å². The fraction of sp³-hybridized carbons (Fsp3) is 0.300. The van der Waals surface area contributed by atoms with Crippen LogP contribution in [0.4, 0.5) is 5.95 Å². The van der Waals surface area contributed by atoms with E-state index in [0.29, 0.717) is 6.04 Å². The fourth-order valence-electron chi connectivity index (χ4n) is 1.33. The van der Waals surface area contributed by atoms with E-state index in [2.05, 4.69) is 51.5 Å². The van der Waals surface area contributed by atoms with E-state index >= 15 is 0 Å². The van der Waals surface area contributed by atoms with E-state index in [1.54, 1.807) is 6.20 Å². The predicted octanol–water partition coefficient (Wildman–Crippen LogP) is 2.11. The lowest BCUT2D eigenvalue weighted by molar-refractivity contribution is 0.529. The molecule has 0 saturated carbocycles. The number of anilines is 1. The van der Waals surface area contributed by atoms with Crippen LogP contribution in [0.15, 0.2) is 18.5 Å². The number of nitrogen functional groups attached to an aromatic ring is 1. The highest BCUT2D eigenvalue weighted by atomic mass is 127. The summed E-state index contributed by atoms with van der Waals surface area (Å²) in [5, 5.41) is 4.42. The van der Waals surface area contributed by atoms with E-state index in [0.717, 1.165) is 15.0 Å². The molecule has 16 heavy (non-hydrogen) atoms. The second-order valence-electron chi connectivity index (χ2n) is 3.71. The summed E-state index contributed by atoms with van der Waals surface area (Å²) < 4.78 is 2.83. The summed E-state index contributed by atoms with van der Waals surface area (Å²) in [6.07, 6.45) is 3.63. The molecule has 2 rings (SSSR count). The van der Waals surface area contributed by atoms with Crippen molar-refractivity contribution >= 4 is 28.5 Å². The van der Waals surface area contributed by atoms with Gasteiger partial charge in [0, 0.05) is 18.4 Å². The minimum atomic E-state index is 0.283. The first-order chi connectivity index (χ1) is 7.58. The van der Waals surface area contributed by atoms with Gasteiger partial charge in [0.05, 0.1) is 11.3 Å². The van der Waals surface area contributed by atoms with Gasteiger partial charge < -0.3 is 5.73 Å². The Morgan fingerprint density at radius 3 is 2.75 bits per heavy atom. The van der Waals surface area contributed by atoms with Crippen LogP contribution in [0.1, 0.15) is 19.9 Å². The zero-order valence-corrected chi connectivity index (χ0v) is 11.2. The Morgan fingerprint density at radius 1 is 1.44 bits per heavy atom. The molecule has 0 bridgehead atoms. The number of halogens is 1. The Bertz CT molecular complexity index is 506. The van der Waals surface area contributed by atoms with Crippen molar-refractivity contribution in [2.24, 2.45) is 0 Å². The third-order valence-corrected chi connectivity index (χ3v) is 2.96. The summed E-state index contributed by atoms with van der Waals surface area (Å²) in [5.74, 6) is 0.283. The van der Waals surface area contributed by atoms with Crippen LogP contribution < -0.4 is 5.73 Å². The molecule has 0 saturated heterocycles. The molecule has 0 aliphatic heterocycles. The highest BCUT2D eigenvalue weighted by Crippen LogP contribution is 2.23. The standard InChI is InChI=1S/C10H12IN5/c1-6(2)16-5-7(9(11)15-16)8-3-4-13-10(12)14-8/h3-6H,1-2H3,(H2,12,13,14). The van der Waals surface area contributed by atoms with Crippen molar-refractivity contribution in [2.75, 3.05) is 5.73 Å². The van der Waals surface area contributed by atoms with Crippen molar-refractivity contribution in [1.82, 2.24) is 19.7 Å². The molecule has 84 valence electrons. The molecule has 5 nitrogen and oxygen atoms in total. The number of rotatable bonds is 2. The Labute approximate surface area is 107 Å². The van der Waals surface area contributed by atoms with Gasteiger partial charge in [-0.15, -0.1) is 0 Å². The molecule has 2 heterocycles. The molecular formula is C10H12IN5. The van der Waals surface area contributed by atoms with Crippen molar-refractivity contribution in [3.05, 3.63) is 22.2 Å². The largest absolute Gasteiger partial charge is 0.368 e. The second kappa shape index (κ2) is 4.36. The maximum absolute atomic E-state index is 5.56. The lowest BCUT2D eigenvalue weighted by atomic mass is 10.2. The summed E-state index contributed by atoms with van der Waals surface area (Å²) in [4.78, 5) is 8.06. The summed E-state index contributed by atoms with van der Waals surface area (Å²) in [7, 11) is 0. The molecule has 0 spiro atoms. The molecule has 0 unspecified atom stereocenters. The van der Waals surface area contributed by atoms with E-state index in [1.165, 1.54) is 0 Å². The highest BCUT2D eigenvalue weighted by molar-refractivity contribution is 14.1. The summed E-state index contributed by atoms with van der Waals surface area (Å²) in [5.41, 5.74) is 7.36. The lowest BCUT2D eigenvalue weighted by Crippen LogP contribution is -2.00. The SMILES string of the molecule is CC(C)n1cc(-c2ccnc(N)n2)c(I)n1. The molecule has 0 aliphatic carbocycles. The van der Waals surface area contributed by atoms with Crippen LogP contribution in [0.3, 0.4) is 0 Å². The van der Waals surface area contributed by atoms with E-state index in [1.807, 2.05) is 16.9 Å². The molecule has 0 aliphatic rings. The molecule has 6 heteroatoms. The van der Waals surface area contributed by atoms with Crippen molar-refractivity contribution in [1.29, 1.82) is 0 Å². The van der Waals surface area contributed by atoms with Crippen LogP contribution in [-0.4, -0.2) is 19.7 Å². The molecule has 2 N–H and O–H groups in total. The molecule has 2 aromatic rings. The minimum Gasteiger partial charge on any atom is -0.368 e. The first kappa shape index (κ1) is 11.3. The quantitative estimate of drug-likeness (QED) is 0.857. The number of nitrogens with zero attached hydrogens (tertiary/aromatic N) is 4. The molecule has 0 aromatic carbocycles. The van der Waals surface area contributed by atoms with Crippen molar-refractivity contribution < 1.29 is 0 Å². The van der Waals surface area contributed by atoms with Gasteiger partial charge in [-0.3, -0.25) is 4.68 Å². The number of aromatic nitrogens is 4. The zero-order valence-electron chi connectivity index (χ0n) is 9.05. The van der Waals surface area contributed by atoms with Crippen LogP contribution in [-0.2, 0) is 0 Å². The van der Waals surface area contributed by atoms with Gasteiger partial charge >= 0.3 is 0 Å². The number of nitrogens with two attached hydrogens (primary N) is 1. The Morgan fingerprint density at radius 2 is 2.19 bits per heavy atom. The maximum atomic E-state index is 5.56. The highest BCUT2D eigenvalue weighted by Gasteiger charge is 2.11. The second-order valence-corrected chi connectivity index (χ2v) is 4.73.